The lowest BCUT2D eigenvalue weighted by Crippen LogP contribution is -2.30. The van der Waals surface area contributed by atoms with Gasteiger partial charge in [0, 0.05) is 18.7 Å². The highest BCUT2D eigenvalue weighted by atomic mass is 32.2. The predicted molar refractivity (Wildman–Crippen MR) is 69.4 cm³/mol. The molecule has 9 heteroatoms. The van der Waals surface area contributed by atoms with Crippen molar-refractivity contribution >= 4 is 21.9 Å². The fraction of sp³-hybridized carbons (Fsp3) is 0.333. The summed E-state index contributed by atoms with van der Waals surface area (Å²) < 4.78 is 35.8. The molecule has 0 saturated carbocycles. The van der Waals surface area contributed by atoms with Crippen molar-refractivity contribution in [2.45, 2.75) is 11.3 Å². The van der Waals surface area contributed by atoms with Crippen LogP contribution < -0.4 is 5.14 Å². The van der Waals surface area contributed by atoms with E-state index in [1.165, 1.54) is 4.90 Å². The fourth-order valence-electron chi connectivity index (χ4n) is 2.19. The molecular weight excluding hydrogens is 303 g/mol. The van der Waals surface area contributed by atoms with Gasteiger partial charge in [0.15, 0.2) is 0 Å². The van der Waals surface area contributed by atoms with Gasteiger partial charge in [-0.3, -0.25) is 9.59 Å². The molecule has 1 amide bonds. The molecule has 0 aromatic heterocycles. The normalized spacial score (nSPS) is 18.8. The average Bonchev–Trinajstić information content (AvgIpc) is 2.85. The zero-order chi connectivity index (χ0) is 15.8. The summed E-state index contributed by atoms with van der Waals surface area (Å²) in [5.74, 6) is -3.28. The average molecular weight is 316 g/mol. The minimum Gasteiger partial charge on any atom is -0.481 e. The van der Waals surface area contributed by atoms with Gasteiger partial charge < -0.3 is 10.0 Å². The minimum absolute atomic E-state index is 0.0483. The number of amides is 1. The maximum absolute atomic E-state index is 13.7. The Bertz CT molecular complexity index is 704. The zero-order valence-electron chi connectivity index (χ0n) is 10.8. The molecule has 1 saturated heterocycles. The van der Waals surface area contributed by atoms with Gasteiger partial charge in [-0.15, -0.1) is 0 Å². The van der Waals surface area contributed by atoms with E-state index in [1.807, 2.05) is 0 Å². The number of rotatable bonds is 3. The molecule has 2 rings (SSSR count). The van der Waals surface area contributed by atoms with Gasteiger partial charge in [0.2, 0.25) is 10.0 Å². The summed E-state index contributed by atoms with van der Waals surface area (Å²) in [6.45, 7) is 0.307. The zero-order valence-corrected chi connectivity index (χ0v) is 11.6. The Morgan fingerprint density at radius 1 is 1.38 bits per heavy atom. The number of hydrogen-bond donors (Lipinski definition) is 2. The lowest BCUT2D eigenvalue weighted by atomic mass is 10.1. The number of nitrogens with zero attached hydrogens (tertiary/aromatic N) is 1. The quantitative estimate of drug-likeness (QED) is 0.815. The van der Waals surface area contributed by atoms with Crippen molar-refractivity contribution in [2.24, 2.45) is 11.1 Å². The van der Waals surface area contributed by atoms with Gasteiger partial charge in [-0.2, -0.15) is 0 Å². The van der Waals surface area contributed by atoms with Crippen LogP contribution in [-0.4, -0.2) is 43.4 Å². The molecule has 114 valence electrons. The summed E-state index contributed by atoms with van der Waals surface area (Å²) in [6, 6.07) is 2.86. The molecule has 0 aliphatic carbocycles. The summed E-state index contributed by atoms with van der Waals surface area (Å²) in [7, 11) is -4.19. The second kappa shape index (κ2) is 5.41. The molecule has 1 unspecified atom stereocenters. The number of aliphatic carboxylic acids is 1. The van der Waals surface area contributed by atoms with Crippen LogP contribution in [0.1, 0.15) is 16.8 Å². The Hall–Kier alpha value is -2.00. The van der Waals surface area contributed by atoms with Gasteiger partial charge in [0.1, 0.15) is 10.7 Å². The molecule has 21 heavy (non-hydrogen) atoms. The van der Waals surface area contributed by atoms with Crippen LogP contribution in [0.5, 0.6) is 0 Å². The van der Waals surface area contributed by atoms with Crippen molar-refractivity contribution in [2.75, 3.05) is 13.1 Å². The highest BCUT2D eigenvalue weighted by Gasteiger charge is 2.31. The largest absolute Gasteiger partial charge is 0.481 e. The number of carboxylic acids is 1. The van der Waals surface area contributed by atoms with Crippen molar-refractivity contribution in [1.82, 2.24) is 4.90 Å². The lowest BCUT2D eigenvalue weighted by Gasteiger charge is -2.16. The Labute approximate surface area is 120 Å². The summed E-state index contributed by atoms with van der Waals surface area (Å²) >= 11 is 0. The van der Waals surface area contributed by atoms with Gasteiger partial charge in [-0.1, -0.05) is 0 Å². The molecule has 1 atom stereocenters. The molecule has 1 aliphatic heterocycles. The molecule has 1 fully saturated rings. The van der Waals surface area contributed by atoms with Gasteiger partial charge in [-0.05, 0) is 24.6 Å². The molecule has 0 spiro atoms. The smallest absolute Gasteiger partial charge is 0.308 e. The second-order valence-electron chi connectivity index (χ2n) is 4.77. The predicted octanol–water partition coefficient (Wildman–Crippen LogP) is 0.0198. The Kier molecular flexibility index (Phi) is 3.97. The number of carbonyl (C=O) groups excluding carboxylic acids is 1. The van der Waals surface area contributed by atoms with E-state index >= 15 is 0 Å². The van der Waals surface area contributed by atoms with E-state index in [2.05, 4.69) is 0 Å². The highest BCUT2D eigenvalue weighted by Crippen LogP contribution is 2.21. The van der Waals surface area contributed by atoms with E-state index in [0.717, 1.165) is 18.2 Å². The third-order valence-electron chi connectivity index (χ3n) is 3.31. The highest BCUT2D eigenvalue weighted by molar-refractivity contribution is 7.89. The van der Waals surface area contributed by atoms with E-state index < -0.39 is 38.5 Å². The van der Waals surface area contributed by atoms with E-state index in [9.17, 15) is 22.4 Å². The van der Waals surface area contributed by atoms with E-state index in [0.29, 0.717) is 6.42 Å². The summed E-state index contributed by atoms with van der Waals surface area (Å²) in [4.78, 5) is 23.6. The number of nitrogens with two attached hydrogens (primary N) is 1. The molecule has 7 nitrogen and oxygen atoms in total. The Balaban J connectivity index is 2.22. The van der Waals surface area contributed by atoms with Crippen LogP contribution >= 0.6 is 0 Å². The number of sulfonamides is 1. The van der Waals surface area contributed by atoms with Crippen molar-refractivity contribution in [3.63, 3.8) is 0 Å². The molecule has 3 N–H and O–H groups in total. The lowest BCUT2D eigenvalue weighted by molar-refractivity contribution is -0.141. The molecule has 1 aliphatic rings. The summed E-state index contributed by atoms with van der Waals surface area (Å²) in [6.07, 6.45) is 0.332. The van der Waals surface area contributed by atoms with Crippen LogP contribution in [0.2, 0.25) is 0 Å². The van der Waals surface area contributed by atoms with E-state index in [-0.39, 0.29) is 18.7 Å². The molecule has 1 heterocycles. The van der Waals surface area contributed by atoms with Crippen molar-refractivity contribution < 1.29 is 27.5 Å². The fourth-order valence-corrected chi connectivity index (χ4v) is 2.78. The van der Waals surface area contributed by atoms with Crippen LogP contribution in [0.3, 0.4) is 0 Å². The first-order valence-corrected chi connectivity index (χ1v) is 7.59. The van der Waals surface area contributed by atoms with Gasteiger partial charge in [0.25, 0.3) is 5.91 Å². The second-order valence-corrected chi connectivity index (χ2v) is 6.30. The number of primary sulfonamides is 1. The van der Waals surface area contributed by atoms with Gasteiger partial charge in [-0.25, -0.2) is 17.9 Å². The van der Waals surface area contributed by atoms with Crippen LogP contribution in [-0.2, 0) is 14.8 Å². The SMILES string of the molecule is NS(=O)(=O)c1ccc(C(=O)N2CCC(C(=O)O)C2)cc1F. The Morgan fingerprint density at radius 3 is 2.52 bits per heavy atom. The molecule has 0 radical (unpaired) electrons. The molecule has 1 aromatic carbocycles. The van der Waals surface area contributed by atoms with E-state index in [1.54, 1.807) is 0 Å². The first-order valence-electron chi connectivity index (χ1n) is 6.04. The van der Waals surface area contributed by atoms with Crippen molar-refractivity contribution in [3.05, 3.63) is 29.6 Å². The van der Waals surface area contributed by atoms with Crippen molar-refractivity contribution in [1.29, 1.82) is 0 Å². The number of carbonyl (C=O) groups is 2. The van der Waals surface area contributed by atoms with Gasteiger partial charge in [0.05, 0.1) is 5.92 Å². The summed E-state index contributed by atoms with van der Waals surface area (Å²) in [5.41, 5.74) is -0.0501. The van der Waals surface area contributed by atoms with Crippen LogP contribution in [0.25, 0.3) is 0 Å². The third-order valence-corrected chi connectivity index (χ3v) is 4.25. The number of halogens is 1. The maximum Gasteiger partial charge on any atom is 0.308 e. The number of carboxylic acid groups (broad SMARTS) is 1. The van der Waals surface area contributed by atoms with Crippen molar-refractivity contribution in [3.8, 4) is 0 Å². The van der Waals surface area contributed by atoms with Gasteiger partial charge >= 0.3 is 5.97 Å². The van der Waals surface area contributed by atoms with Crippen LogP contribution in [0, 0.1) is 11.7 Å². The number of likely N-dealkylation sites (tertiary alicyclic amines) is 1. The standard InChI is InChI=1S/C12H13FN2O5S/c13-9-5-7(1-2-10(9)21(14,19)20)11(16)15-4-3-8(6-15)12(17)18/h1-2,5,8H,3-4,6H2,(H,17,18)(H2,14,19,20). The first kappa shape index (κ1) is 15.4. The molecule has 0 bridgehead atoms. The maximum atomic E-state index is 13.7. The first-order chi connectivity index (χ1) is 9.70. The third kappa shape index (κ3) is 3.19. The van der Waals surface area contributed by atoms with Crippen LogP contribution in [0.15, 0.2) is 23.1 Å². The summed E-state index contributed by atoms with van der Waals surface area (Å²) in [5, 5.41) is 13.7. The number of benzene rings is 1. The minimum atomic E-state index is -4.19. The molecule has 1 aromatic rings. The van der Waals surface area contributed by atoms with Crippen LogP contribution in [0.4, 0.5) is 4.39 Å². The topological polar surface area (TPSA) is 118 Å². The van der Waals surface area contributed by atoms with E-state index in [4.69, 9.17) is 10.2 Å². The Morgan fingerprint density at radius 2 is 2.05 bits per heavy atom. The monoisotopic (exact) mass is 316 g/mol. The number of hydrogen-bond acceptors (Lipinski definition) is 4. The molecular formula is C12H13FN2O5S.